The summed E-state index contributed by atoms with van der Waals surface area (Å²) in [6.07, 6.45) is 2.56. The molecular weight excluding hydrogens is 206 g/mol. The Morgan fingerprint density at radius 2 is 2.44 bits per heavy atom. The van der Waals surface area contributed by atoms with E-state index in [0.717, 1.165) is 5.56 Å². The third-order valence-electron chi connectivity index (χ3n) is 1.90. The van der Waals surface area contributed by atoms with Gasteiger partial charge in [-0.3, -0.25) is 5.32 Å². The molecule has 2 aromatic rings. The van der Waals surface area contributed by atoms with Gasteiger partial charge in [0.25, 0.3) is 0 Å². The number of anilines is 1. The van der Waals surface area contributed by atoms with Crippen LogP contribution in [0.15, 0.2) is 47.3 Å². The molecule has 0 atom stereocenters. The highest BCUT2D eigenvalue weighted by molar-refractivity contribution is 5.84. The molecule has 0 fully saturated rings. The summed E-state index contributed by atoms with van der Waals surface area (Å²) in [5.41, 5.74) is 1.47. The largest absolute Gasteiger partial charge is 0.472 e. The Bertz CT molecular complexity index is 437. The molecule has 1 radical (unpaired) electrons. The lowest BCUT2D eigenvalue weighted by Crippen LogP contribution is -2.13. The number of ether oxygens (including phenoxy) is 1. The molecule has 1 N–H and O–H groups in total. The van der Waals surface area contributed by atoms with Crippen LogP contribution in [0.25, 0.3) is 0 Å². The van der Waals surface area contributed by atoms with Crippen molar-refractivity contribution < 1.29 is 13.9 Å². The quantitative estimate of drug-likeness (QED) is 0.858. The first-order valence-electron chi connectivity index (χ1n) is 4.75. The average Bonchev–Trinajstić information content (AvgIpc) is 2.81. The molecule has 81 valence electrons. The summed E-state index contributed by atoms with van der Waals surface area (Å²) in [4.78, 5) is 11.3. The third-order valence-corrected chi connectivity index (χ3v) is 1.90. The molecule has 16 heavy (non-hydrogen) atoms. The van der Waals surface area contributed by atoms with Gasteiger partial charge < -0.3 is 9.15 Å². The predicted molar refractivity (Wildman–Crippen MR) is 57.8 cm³/mol. The maximum Gasteiger partial charge on any atom is 0.411 e. The number of hydrogen-bond acceptors (Lipinski definition) is 3. The molecule has 4 nitrogen and oxygen atoms in total. The van der Waals surface area contributed by atoms with Gasteiger partial charge in [0.2, 0.25) is 0 Å². The van der Waals surface area contributed by atoms with Crippen molar-refractivity contribution in [1.29, 1.82) is 0 Å². The Labute approximate surface area is 92.8 Å². The number of carbonyl (C=O) groups is 1. The minimum Gasteiger partial charge on any atom is -0.472 e. The first-order chi connectivity index (χ1) is 7.84. The average molecular weight is 216 g/mol. The number of hydrogen-bond donors (Lipinski definition) is 1. The van der Waals surface area contributed by atoms with E-state index >= 15 is 0 Å². The predicted octanol–water partition coefficient (Wildman–Crippen LogP) is 2.83. The van der Waals surface area contributed by atoms with Gasteiger partial charge in [-0.15, -0.1) is 0 Å². The van der Waals surface area contributed by atoms with Gasteiger partial charge in [-0.2, -0.15) is 0 Å². The minimum absolute atomic E-state index is 0.193. The molecule has 0 unspecified atom stereocenters. The molecule has 1 aromatic heterocycles. The molecule has 0 aliphatic heterocycles. The van der Waals surface area contributed by atoms with Gasteiger partial charge >= 0.3 is 6.09 Å². The number of benzene rings is 1. The fourth-order valence-electron chi connectivity index (χ4n) is 1.15. The van der Waals surface area contributed by atoms with Crippen LogP contribution in [0, 0.1) is 6.07 Å². The van der Waals surface area contributed by atoms with E-state index in [9.17, 15) is 4.79 Å². The van der Waals surface area contributed by atoms with Gasteiger partial charge in [-0.25, -0.2) is 4.79 Å². The van der Waals surface area contributed by atoms with E-state index in [4.69, 9.17) is 9.15 Å². The summed E-state index contributed by atoms with van der Waals surface area (Å²) in [6, 6.07) is 11.6. The van der Waals surface area contributed by atoms with Crippen LogP contribution < -0.4 is 5.32 Å². The second-order valence-electron chi connectivity index (χ2n) is 3.12. The Morgan fingerprint density at radius 1 is 1.50 bits per heavy atom. The molecule has 1 aromatic carbocycles. The van der Waals surface area contributed by atoms with E-state index in [2.05, 4.69) is 11.4 Å². The molecular formula is C12H10NO3. The number of rotatable bonds is 3. The van der Waals surface area contributed by atoms with Crippen LogP contribution in [0.1, 0.15) is 5.56 Å². The summed E-state index contributed by atoms with van der Waals surface area (Å²) in [5, 5.41) is 2.58. The second kappa shape index (κ2) is 5.02. The van der Waals surface area contributed by atoms with Crippen molar-refractivity contribution in [2.75, 3.05) is 5.32 Å². The Balaban J connectivity index is 1.81. The summed E-state index contributed by atoms with van der Waals surface area (Å²) in [5.74, 6) is 0. The second-order valence-corrected chi connectivity index (χ2v) is 3.12. The van der Waals surface area contributed by atoms with E-state index < -0.39 is 6.09 Å². The molecule has 1 amide bonds. The van der Waals surface area contributed by atoms with Gasteiger partial charge in [0.05, 0.1) is 12.5 Å². The number of furan rings is 1. The van der Waals surface area contributed by atoms with Crippen LogP contribution in [-0.4, -0.2) is 6.09 Å². The zero-order valence-corrected chi connectivity index (χ0v) is 8.47. The topological polar surface area (TPSA) is 51.5 Å². The SMILES string of the molecule is O=C(Nc1c[c]ccc1)OCc1ccoc1. The van der Waals surface area contributed by atoms with Crippen LogP contribution in [0.2, 0.25) is 0 Å². The lowest BCUT2D eigenvalue weighted by molar-refractivity contribution is 0.155. The fraction of sp³-hybridized carbons (Fsp3) is 0.0833. The lowest BCUT2D eigenvalue weighted by Gasteiger charge is -2.05. The normalized spacial score (nSPS) is 9.75. The van der Waals surface area contributed by atoms with Crippen molar-refractivity contribution in [2.45, 2.75) is 6.61 Å². The summed E-state index contributed by atoms with van der Waals surface area (Å²) in [6.45, 7) is 0.193. The number of amides is 1. The van der Waals surface area contributed by atoms with Crippen LogP contribution >= 0.6 is 0 Å². The van der Waals surface area contributed by atoms with E-state index in [-0.39, 0.29) is 6.61 Å². The third kappa shape index (κ3) is 2.88. The minimum atomic E-state index is -0.499. The Hall–Kier alpha value is -2.23. The van der Waals surface area contributed by atoms with Crippen molar-refractivity contribution >= 4 is 11.8 Å². The van der Waals surface area contributed by atoms with E-state index in [0.29, 0.717) is 5.69 Å². The van der Waals surface area contributed by atoms with E-state index in [1.54, 1.807) is 30.3 Å². The van der Waals surface area contributed by atoms with Crippen LogP contribution in [0.5, 0.6) is 0 Å². The van der Waals surface area contributed by atoms with Crippen LogP contribution in [0.3, 0.4) is 0 Å². The highest BCUT2D eigenvalue weighted by Gasteiger charge is 2.03. The zero-order valence-electron chi connectivity index (χ0n) is 8.47. The molecule has 0 saturated carbocycles. The maximum absolute atomic E-state index is 11.3. The molecule has 0 saturated heterocycles. The van der Waals surface area contributed by atoms with Gasteiger partial charge in [0, 0.05) is 11.3 Å². The fourth-order valence-corrected chi connectivity index (χ4v) is 1.15. The van der Waals surface area contributed by atoms with Gasteiger partial charge in [-0.05, 0) is 24.3 Å². The monoisotopic (exact) mass is 216 g/mol. The Morgan fingerprint density at radius 3 is 3.12 bits per heavy atom. The molecule has 4 heteroatoms. The van der Waals surface area contributed by atoms with Crippen molar-refractivity contribution in [3.8, 4) is 0 Å². The van der Waals surface area contributed by atoms with Crippen LogP contribution in [0.4, 0.5) is 10.5 Å². The van der Waals surface area contributed by atoms with Gasteiger partial charge in [0.15, 0.2) is 0 Å². The highest BCUT2D eigenvalue weighted by atomic mass is 16.5. The van der Waals surface area contributed by atoms with Crippen molar-refractivity contribution in [3.63, 3.8) is 0 Å². The molecule has 0 spiro atoms. The number of nitrogens with one attached hydrogen (secondary N) is 1. The lowest BCUT2D eigenvalue weighted by atomic mass is 10.3. The highest BCUT2D eigenvalue weighted by Crippen LogP contribution is 2.06. The van der Waals surface area contributed by atoms with Crippen molar-refractivity contribution in [1.82, 2.24) is 0 Å². The first-order valence-corrected chi connectivity index (χ1v) is 4.75. The molecule has 0 bridgehead atoms. The van der Waals surface area contributed by atoms with Crippen LogP contribution in [-0.2, 0) is 11.3 Å². The summed E-state index contributed by atoms with van der Waals surface area (Å²) < 4.78 is 9.81. The van der Waals surface area contributed by atoms with Crippen molar-refractivity contribution in [2.24, 2.45) is 0 Å². The van der Waals surface area contributed by atoms with Gasteiger partial charge in [-0.1, -0.05) is 12.1 Å². The van der Waals surface area contributed by atoms with E-state index in [1.807, 2.05) is 0 Å². The summed E-state index contributed by atoms with van der Waals surface area (Å²) in [7, 11) is 0. The zero-order chi connectivity index (χ0) is 11.2. The summed E-state index contributed by atoms with van der Waals surface area (Å²) >= 11 is 0. The molecule has 1 heterocycles. The first kappa shape index (κ1) is 10.3. The van der Waals surface area contributed by atoms with Crippen molar-refractivity contribution in [3.05, 3.63) is 54.5 Å². The smallest absolute Gasteiger partial charge is 0.411 e. The standard InChI is InChI=1S/C12H10NO3/c14-12(13-11-4-2-1-3-5-11)16-9-10-6-7-15-8-10/h1-2,4-8H,9H2,(H,13,14). The number of carbonyl (C=O) groups excluding carboxylic acids is 1. The molecule has 0 aliphatic rings. The Kier molecular flexibility index (Phi) is 3.23. The maximum atomic E-state index is 11.3. The van der Waals surface area contributed by atoms with E-state index in [1.165, 1.54) is 12.5 Å². The van der Waals surface area contributed by atoms with Gasteiger partial charge in [0.1, 0.15) is 6.61 Å². The molecule has 2 rings (SSSR count). The molecule has 0 aliphatic carbocycles.